The highest BCUT2D eigenvalue weighted by Gasteiger charge is 2.18. The monoisotopic (exact) mass is 461 g/mol. The molecular formula is C23H17F2N7O2. The first-order valence-electron chi connectivity index (χ1n) is 10.2. The van der Waals surface area contributed by atoms with Crippen LogP contribution in [0, 0.1) is 18.6 Å². The van der Waals surface area contributed by atoms with Gasteiger partial charge in [0.15, 0.2) is 5.65 Å². The van der Waals surface area contributed by atoms with Crippen molar-refractivity contribution in [3.63, 3.8) is 0 Å². The number of benzene rings is 2. The van der Waals surface area contributed by atoms with Crippen LogP contribution in [-0.2, 0) is 11.2 Å². The minimum absolute atomic E-state index is 0.00749. The fraction of sp³-hybridized carbons (Fsp3) is 0.0870. The van der Waals surface area contributed by atoms with E-state index < -0.39 is 17.2 Å². The molecule has 9 nitrogen and oxygen atoms in total. The second-order valence-electron chi connectivity index (χ2n) is 7.57. The molecule has 0 aliphatic heterocycles. The number of para-hydroxylation sites is 1. The lowest BCUT2D eigenvalue weighted by atomic mass is 10.1. The molecule has 3 aromatic heterocycles. The van der Waals surface area contributed by atoms with Gasteiger partial charge in [-0.3, -0.25) is 14.6 Å². The molecule has 0 bridgehead atoms. The molecule has 34 heavy (non-hydrogen) atoms. The van der Waals surface area contributed by atoms with Gasteiger partial charge in [-0.2, -0.15) is 19.9 Å². The number of anilines is 1. The first kappa shape index (κ1) is 21.2. The lowest BCUT2D eigenvalue weighted by Gasteiger charge is -2.09. The molecule has 0 fully saturated rings. The Hall–Kier alpha value is -4.67. The van der Waals surface area contributed by atoms with E-state index in [1.54, 1.807) is 25.1 Å². The number of fused-ring (bicyclic) bond motifs is 1. The van der Waals surface area contributed by atoms with Crippen molar-refractivity contribution < 1.29 is 13.6 Å². The fourth-order valence-corrected chi connectivity index (χ4v) is 3.53. The van der Waals surface area contributed by atoms with Crippen LogP contribution in [0.1, 0.15) is 11.3 Å². The largest absolute Gasteiger partial charge is 0.310 e. The van der Waals surface area contributed by atoms with E-state index in [4.69, 9.17) is 0 Å². The summed E-state index contributed by atoms with van der Waals surface area (Å²) >= 11 is 0. The molecule has 0 aliphatic rings. The average molecular weight is 461 g/mol. The number of aromatic nitrogens is 6. The molecule has 3 heterocycles. The van der Waals surface area contributed by atoms with Crippen LogP contribution in [0.4, 0.5) is 14.6 Å². The molecule has 0 atom stereocenters. The number of nitrogens with one attached hydrogen (secondary N) is 2. The maximum atomic E-state index is 14.4. The Morgan fingerprint density at radius 3 is 2.62 bits per heavy atom. The summed E-state index contributed by atoms with van der Waals surface area (Å²) in [6, 6.07) is 13.2. The second kappa shape index (κ2) is 8.35. The number of carbonyl (C=O) groups is 1. The van der Waals surface area contributed by atoms with E-state index in [0.717, 1.165) is 0 Å². The maximum absolute atomic E-state index is 14.4. The summed E-state index contributed by atoms with van der Waals surface area (Å²) in [4.78, 5) is 32.4. The zero-order valence-corrected chi connectivity index (χ0v) is 17.8. The van der Waals surface area contributed by atoms with Crippen LogP contribution in [-0.4, -0.2) is 35.4 Å². The molecule has 0 saturated heterocycles. The van der Waals surface area contributed by atoms with E-state index in [0.29, 0.717) is 11.3 Å². The van der Waals surface area contributed by atoms with Gasteiger partial charge in [0, 0.05) is 6.07 Å². The quantitative estimate of drug-likeness (QED) is 0.418. The third-order valence-electron chi connectivity index (χ3n) is 5.08. The number of rotatable bonds is 5. The molecule has 5 aromatic rings. The van der Waals surface area contributed by atoms with Gasteiger partial charge < -0.3 is 5.32 Å². The molecule has 0 saturated carbocycles. The van der Waals surface area contributed by atoms with Gasteiger partial charge in [-0.15, -0.1) is 0 Å². The Morgan fingerprint density at radius 1 is 1.09 bits per heavy atom. The number of aromatic amines is 1. The Kier molecular flexibility index (Phi) is 5.21. The third kappa shape index (κ3) is 3.94. The van der Waals surface area contributed by atoms with Gasteiger partial charge in [0.2, 0.25) is 11.9 Å². The van der Waals surface area contributed by atoms with E-state index in [2.05, 4.69) is 25.5 Å². The molecule has 1 amide bonds. The molecule has 5 rings (SSSR count). The van der Waals surface area contributed by atoms with Crippen LogP contribution in [0.2, 0.25) is 0 Å². The van der Waals surface area contributed by atoms with Crippen LogP contribution in [0.5, 0.6) is 0 Å². The summed E-state index contributed by atoms with van der Waals surface area (Å²) in [5.74, 6) is -1.00. The number of nitrogens with zero attached hydrogens (tertiary/aromatic N) is 5. The van der Waals surface area contributed by atoms with Crippen molar-refractivity contribution in [3.05, 3.63) is 94.0 Å². The number of hydrogen-bond acceptors (Lipinski definition) is 5. The second-order valence-corrected chi connectivity index (χ2v) is 7.57. The highest BCUT2D eigenvalue weighted by Crippen LogP contribution is 2.19. The summed E-state index contributed by atoms with van der Waals surface area (Å²) in [6.45, 7) is 1.71. The number of H-pyrrole nitrogens is 1. The third-order valence-corrected chi connectivity index (χ3v) is 5.08. The number of carbonyl (C=O) groups excluding carboxylic acids is 1. The van der Waals surface area contributed by atoms with Crippen LogP contribution >= 0.6 is 0 Å². The zero-order chi connectivity index (χ0) is 23.8. The Morgan fingerprint density at radius 2 is 1.85 bits per heavy atom. The van der Waals surface area contributed by atoms with Gasteiger partial charge in [0.25, 0.3) is 5.56 Å². The normalized spacial score (nSPS) is 11.1. The molecule has 0 aliphatic carbocycles. The molecule has 2 aromatic carbocycles. The maximum Gasteiger partial charge on any atom is 0.263 e. The number of amides is 1. The molecular weight excluding hydrogens is 444 g/mol. The average Bonchev–Trinajstić information content (AvgIpc) is 3.39. The SMILES string of the molecule is Cc1cc(NC(=O)Cc2ccc(F)cc2)n(-c2nc3c(cnn3-c3ccccc3F)c(=O)[nH]2)n1. The molecule has 0 radical (unpaired) electrons. The van der Waals surface area contributed by atoms with Crippen LogP contribution in [0.3, 0.4) is 0 Å². The Labute approximate surface area is 190 Å². The number of aryl methyl sites for hydroxylation is 1. The summed E-state index contributed by atoms with van der Waals surface area (Å²) in [5, 5.41) is 11.3. The van der Waals surface area contributed by atoms with E-state index in [-0.39, 0.29) is 40.8 Å². The molecule has 0 spiro atoms. The van der Waals surface area contributed by atoms with Gasteiger partial charge in [-0.1, -0.05) is 24.3 Å². The highest BCUT2D eigenvalue weighted by molar-refractivity contribution is 5.91. The van der Waals surface area contributed by atoms with Gasteiger partial charge in [0.1, 0.15) is 28.5 Å². The van der Waals surface area contributed by atoms with E-state index in [1.807, 2.05) is 0 Å². The Balaban J connectivity index is 1.52. The van der Waals surface area contributed by atoms with Crippen molar-refractivity contribution in [1.82, 2.24) is 29.5 Å². The van der Waals surface area contributed by atoms with Crippen LogP contribution < -0.4 is 10.9 Å². The lowest BCUT2D eigenvalue weighted by Crippen LogP contribution is -2.20. The van der Waals surface area contributed by atoms with Crippen molar-refractivity contribution in [2.45, 2.75) is 13.3 Å². The fourth-order valence-electron chi connectivity index (χ4n) is 3.53. The Bertz CT molecular complexity index is 1590. The number of hydrogen-bond donors (Lipinski definition) is 2. The van der Waals surface area contributed by atoms with Crippen molar-refractivity contribution in [3.8, 4) is 11.6 Å². The van der Waals surface area contributed by atoms with Crippen molar-refractivity contribution in [2.75, 3.05) is 5.32 Å². The van der Waals surface area contributed by atoms with Crippen LogP contribution in [0.15, 0.2) is 65.6 Å². The van der Waals surface area contributed by atoms with Crippen LogP contribution in [0.25, 0.3) is 22.7 Å². The molecule has 0 unspecified atom stereocenters. The minimum Gasteiger partial charge on any atom is -0.310 e. The molecule has 170 valence electrons. The van der Waals surface area contributed by atoms with Crippen molar-refractivity contribution >= 4 is 22.8 Å². The molecule has 11 heteroatoms. The van der Waals surface area contributed by atoms with Gasteiger partial charge >= 0.3 is 0 Å². The zero-order valence-electron chi connectivity index (χ0n) is 17.8. The van der Waals surface area contributed by atoms with Gasteiger partial charge in [-0.25, -0.2) is 13.5 Å². The smallest absolute Gasteiger partial charge is 0.263 e. The topological polar surface area (TPSA) is 110 Å². The summed E-state index contributed by atoms with van der Waals surface area (Å²) in [5.41, 5.74) is 0.941. The lowest BCUT2D eigenvalue weighted by molar-refractivity contribution is -0.115. The van der Waals surface area contributed by atoms with Gasteiger partial charge in [0.05, 0.1) is 18.3 Å². The predicted octanol–water partition coefficient (Wildman–Crippen LogP) is 3.06. The van der Waals surface area contributed by atoms with E-state index >= 15 is 0 Å². The minimum atomic E-state index is -0.528. The molecule has 2 N–H and O–H groups in total. The van der Waals surface area contributed by atoms with E-state index in [1.165, 1.54) is 52.0 Å². The van der Waals surface area contributed by atoms with Crippen molar-refractivity contribution in [2.24, 2.45) is 0 Å². The van der Waals surface area contributed by atoms with Gasteiger partial charge in [-0.05, 0) is 36.8 Å². The summed E-state index contributed by atoms with van der Waals surface area (Å²) < 4.78 is 30.0. The predicted molar refractivity (Wildman–Crippen MR) is 120 cm³/mol. The summed E-state index contributed by atoms with van der Waals surface area (Å²) in [7, 11) is 0. The summed E-state index contributed by atoms with van der Waals surface area (Å²) in [6.07, 6.45) is 1.31. The first-order valence-corrected chi connectivity index (χ1v) is 10.2. The first-order chi connectivity index (χ1) is 16.4. The highest BCUT2D eigenvalue weighted by atomic mass is 19.1. The van der Waals surface area contributed by atoms with E-state index in [9.17, 15) is 18.4 Å². The van der Waals surface area contributed by atoms with Crippen molar-refractivity contribution in [1.29, 1.82) is 0 Å². The standard InChI is InChI=1S/C23H17F2N7O2/c1-13-10-19(27-20(33)11-14-6-8-15(24)9-7-14)32(30-13)23-28-21-16(22(34)29-23)12-26-31(21)18-5-3-2-4-17(18)25/h2-10,12H,11H2,1H3,(H,27,33)(H,28,29,34). The number of halogens is 2.